The predicted octanol–water partition coefficient (Wildman–Crippen LogP) is 4.93. The Morgan fingerprint density at radius 2 is 2.05 bits per heavy atom. The largest absolute Gasteiger partial charge is 0.418 e. The van der Waals surface area contributed by atoms with Crippen molar-refractivity contribution in [2.45, 2.75) is 32.3 Å². The molecule has 5 heteroatoms. The van der Waals surface area contributed by atoms with Crippen LogP contribution in [-0.4, -0.2) is 13.1 Å². The van der Waals surface area contributed by atoms with Gasteiger partial charge in [-0.2, -0.15) is 13.2 Å². The molecule has 1 heterocycles. The van der Waals surface area contributed by atoms with Crippen molar-refractivity contribution < 1.29 is 13.2 Å². The van der Waals surface area contributed by atoms with Gasteiger partial charge in [-0.15, -0.1) is 11.6 Å². The van der Waals surface area contributed by atoms with Crippen molar-refractivity contribution >= 4 is 17.3 Å². The third-order valence-corrected chi connectivity index (χ3v) is 4.34. The van der Waals surface area contributed by atoms with E-state index in [0.717, 1.165) is 6.42 Å². The van der Waals surface area contributed by atoms with Crippen LogP contribution >= 0.6 is 11.6 Å². The molecule has 112 valence electrons. The normalized spacial score (nSPS) is 19.9. The van der Waals surface area contributed by atoms with Crippen molar-refractivity contribution in [3.05, 3.63) is 29.3 Å². The summed E-state index contributed by atoms with van der Waals surface area (Å²) in [5, 5.41) is 0. The highest BCUT2D eigenvalue weighted by Crippen LogP contribution is 2.39. The van der Waals surface area contributed by atoms with Crippen LogP contribution in [0.1, 0.15) is 31.4 Å². The van der Waals surface area contributed by atoms with Crippen LogP contribution in [0.3, 0.4) is 0 Å². The first-order valence-electron chi connectivity index (χ1n) is 6.84. The number of hydrogen-bond donors (Lipinski definition) is 0. The van der Waals surface area contributed by atoms with E-state index in [9.17, 15) is 13.2 Å². The summed E-state index contributed by atoms with van der Waals surface area (Å²) in [7, 11) is 0. The third-order valence-electron chi connectivity index (χ3n) is 4.03. The summed E-state index contributed by atoms with van der Waals surface area (Å²) in [5.74, 6) is 1.05. The number of alkyl halides is 4. The molecule has 1 aromatic carbocycles. The fourth-order valence-corrected chi connectivity index (χ4v) is 2.89. The van der Waals surface area contributed by atoms with Gasteiger partial charge in [0.15, 0.2) is 0 Å². The van der Waals surface area contributed by atoms with Crippen LogP contribution in [0.15, 0.2) is 18.2 Å². The Bertz CT molecular complexity index is 471. The average molecular weight is 306 g/mol. The first-order chi connectivity index (χ1) is 9.32. The molecule has 0 amide bonds. The molecule has 1 unspecified atom stereocenters. The molecule has 0 bridgehead atoms. The summed E-state index contributed by atoms with van der Waals surface area (Å²) < 4.78 is 39.6. The van der Waals surface area contributed by atoms with Crippen LogP contribution in [0, 0.1) is 11.8 Å². The van der Waals surface area contributed by atoms with Crippen LogP contribution < -0.4 is 4.90 Å². The van der Waals surface area contributed by atoms with Gasteiger partial charge in [-0.05, 0) is 36.0 Å². The van der Waals surface area contributed by atoms with E-state index in [4.69, 9.17) is 11.6 Å². The van der Waals surface area contributed by atoms with E-state index in [-0.39, 0.29) is 11.6 Å². The Balaban J connectivity index is 2.32. The standard InChI is InChI=1S/C15H19ClF3N/c1-10(2)12-5-6-20(9-12)14-4-3-11(8-16)7-13(14)15(17,18)19/h3-4,7,10,12H,5-6,8-9H2,1-2H3. The fourth-order valence-electron chi connectivity index (χ4n) is 2.72. The van der Waals surface area contributed by atoms with Gasteiger partial charge in [-0.25, -0.2) is 0 Å². The molecule has 2 rings (SSSR count). The lowest BCUT2D eigenvalue weighted by Crippen LogP contribution is -2.24. The Morgan fingerprint density at radius 1 is 1.35 bits per heavy atom. The molecular formula is C15H19ClF3N. The molecule has 0 aliphatic carbocycles. The maximum absolute atomic E-state index is 13.2. The second kappa shape index (κ2) is 5.84. The van der Waals surface area contributed by atoms with Crippen LogP contribution in [0.5, 0.6) is 0 Å². The van der Waals surface area contributed by atoms with Gasteiger partial charge in [-0.1, -0.05) is 19.9 Å². The van der Waals surface area contributed by atoms with Crippen molar-refractivity contribution in [3.63, 3.8) is 0 Å². The molecule has 0 saturated carbocycles. The molecule has 1 fully saturated rings. The first kappa shape index (κ1) is 15.5. The maximum Gasteiger partial charge on any atom is 0.418 e. The van der Waals surface area contributed by atoms with Crippen LogP contribution in [0.4, 0.5) is 18.9 Å². The number of benzene rings is 1. The smallest absolute Gasteiger partial charge is 0.371 e. The minimum absolute atomic E-state index is 0.0952. The lowest BCUT2D eigenvalue weighted by atomic mass is 9.95. The van der Waals surface area contributed by atoms with E-state index in [1.807, 2.05) is 4.90 Å². The van der Waals surface area contributed by atoms with Gasteiger partial charge in [0, 0.05) is 24.7 Å². The Hall–Kier alpha value is -0.900. The molecule has 1 saturated heterocycles. The minimum Gasteiger partial charge on any atom is -0.371 e. The molecule has 1 nitrogen and oxygen atoms in total. The summed E-state index contributed by atoms with van der Waals surface area (Å²) in [6.45, 7) is 5.62. The van der Waals surface area contributed by atoms with Crippen molar-refractivity contribution in [3.8, 4) is 0 Å². The lowest BCUT2D eigenvalue weighted by molar-refractivity contribution is -0.137. The Morgan fingerprint density at radius 3 is 2.55 bits per heavy atom. The molecule has 1 atom stereocenters. The minimum atomic E-state index is -4.34. The van der Waals surface area contributed by atoms with E-state index in [0.29, 0.717) is 30.5 Å². The summed E-state index contributed by atoms with van der Waals surface area (Å²) in [6, 6.07) is 4.41. The van der Waals surface area contributed by atoms with Crippen LogP contribution in [0.2, 0.25) is 0 Å². The molecule has 1 aromatic rings. The quantitative estimate of drug-likeness (QED) is 0.716. The van der Waals surface area contributed by atoms with E-state index in [1.165, 1.54) is 6.07 Å². The zero-order valence-corrected chi connectivity index (χ0v) is 12.4. The zero-order valence-electron chi connectivity index (χ0n) is 11.7. The van der Waals surface area contributed by atoms with Crippen LogP contribution in [0.25, 0.3) is 0 Å². The summed E-state index contributed by atoms with van der Waals surface area (Å²) in [6.07, 6.45) is -3.39. The van der Waals surface area contributed by atoms with E-state index in [1.54, 1.807) is 12.1 Å². The summed E-state index contributed by atoms with van der Waals surface area (Å²) >= 11 is 5.64. The number of anilines is 1. The first-order valence-corrected chi connectivity index (χ1v) is 7.37. The van der Waals surface area contributed by atoms with Gasteiger partial charge in [-0.3, -0.25) is 0 Å². The highest BCUT2D eigenvalue weighted by Gasteiger charge is 2.37. The number of rotatable bonds is 3. The Labute approximate surface area is 122 Å². The second-order valence-electron chi connectivity index (χ2n) is 5.72. The summed E-state index contributed by atoms with van der Waals surface area (Å²) in [5.41, 5.74) is 0.219. The van der Waals surface area contributed by atoms with Crippen molar-refractivity contribution in [2.75, 3.05) is 18.0 Å². The van der Waals surface area contributed by atoms with Gasteiger partial charge in [0.05, 0.1) is 5.56 Å². The lowest BCUT2D eigenvalue weighted by Gasteiger charge is -2.24. The third kappa shape index (κ3) is 3.22. The molecule has 0 spiro atoms. The van der Waals surface area contributed by atoms with Gasteiger partial charge < -0.3 is 4.90 Å². The van der Waals surface area contributed by atoms with E-state index < -0.39 is 11.7 Å². The van der Waals surface area contributed by atoms with Gasteiger partial charge >= 0.3 is 6.18 Å². The maximum atomic E-state index is 13.2. The van der Waals surface area contributed by atoms with Crippen molar-refractivity contribution in [1.82, 2.24) is 0 Å². The van der Waals surface area contributed by atoms with Gasteiger partial charge in [0.2, 0.25) is 0 Å². The molecular weight excluding hydrogens is 287 g/mol. The molecule has 1 aliphatic heterocycles. The summed E-state index contributed by atoms with van der Waals surface area (Å²) in [4.78, 5) is 1.85. The SMILES string of the molecule is CC(C)C1CCN(c2ccc(CCl)cc2C(F)(F)F)C1. The molecule has 1 aliphatic rings. The van der Waals surface area contributed by atoms with Crippen LogP contribution in [-0.2, 0) is 12.1 Å². The Kier molecular flexibility index (Phi) is 4.52. The highest BCUT2D eigenvalue weighted by atomic mass is 35.5. The molecule has 0 N–H and O–H groups in total. The van der Waals surface area contributed by atoms with E-state index >= 15 is 0 Å². The van der Waals surface area contributed by atoms with E-state index in [2.05, 4.69) is 13.8 Å². The topological polar surface area (TPSA) is 3.24 Å². The molecule has 0 radical (unpaired) electrons. The molecule has 20 heavy (non-hydrogen) atoms. The fraction of sp³-hybridized carbons (Fsp3) is 0.600. The zero-order chi connectivity index (χ0) is 14.9. The average Bonchev–Trinajstić information content (AvgIpc) is 2.86. The number of hydrogen-bond acceptors (Lipinski definition) is 1. The van der Waals surface area contributed by atoms with Crippen molar-refractivity contribution in [2.24, 2.45) is 11.8 Å². The number of halogens is 4. The molecule has 0 aromatic heterocycles. The highest BCUT2D eigenvalue weighted by molar-refractivity contribution is 6.17. The second-order valence-corrected chi connectivity index (χ2v) is 5.99. The number of nitrogens with zero attached hydrogens (tertiary/aromatic N) is 1. The van der Waals surface area contributed by atoms with Gasteiger partial charge in [0.25, 0.3) is 0 Å². The van der Waals surface area contributed by atoms with Crippen molar-refractivity contribution in [1.29, 1.82) is 0 Å². The monoisotopic (exact) mass is 305 g/mol. The predicted molar refractivity (Wildman–Crippen MR) is 76.2 cm³/mol. The van der Waals surface area contributed by atoms with Gasteiger partial charge in [0.1, 0.15) is 0 Å².